The smallest absolute Gasteiger partial charge is 0.0958 e. The third-order valence-corrected chi connectivity index (χ3v) is 5.52. The molecule has 0 amide bonds. The molecule has 0 spiro atoms. The molecular weight excluding hydrogens is 308 g/mol. The predicted octanol–water partition coefficient (Wildman–Crippen LogP) is 3.98. The Morgan fingerprint density at radius 3 is 2.88 bits per heavy atom. The van der Waals surface area contributed by atoms with Gasteiger partial charge in [-0.15, -0.1) is 0 Å². The third kappa shape index (κ3) is 3.24. The van der Waals surface area contributed by atoms with E-state index in [1.807, 2.05) is 0 Å². The van der Waals surface area contributed by atoms with Gasteiger partial charge in [0, 0.05) is 29.8 Å². The van der Waals surface area contributed by atoms with E-state index in [4.69, 9.17) is 9.84 Å². The molecule has 2 aliphatic carbocycles. The van der Waals surface area contributed by atoms with Gasteiger partial charge < -0.3 is 4.74 Å². The van der Waals surface area contributed by atoms with Crippen molar-refractivity contribution in [2.75, 3.05) is 6.61 Å². The SMILES string of the molecule is C(#CC1CC1)c1ccc2c(c1)CCc1cn(C[C@H]3CCCCO3)nc1-2. The van der Waals surface area contributed by atoms with Crippen molar-refractivity contribution in [2.24, 2.45) is 5.92 Å². The van der Waals surface area contributed by atoms with Gasteiger partial charge in [-0.05, 0) is 68.2 Å². The maximum atomic E-state index is 5.87. The van der Waals surface area contributed by atoms with Gasteiger partial charge in [0.1, 0.15) is 0 Å². The Balaban J connectivity index is 1.39. The number of fused-ring (bicyclic) bond motifs is 3. The molecule has 2 aromatic rings. The molecule has 1 aromatic carbocycles. The summed E-state index contributed by atoms with van der Waals surface area (Å²) in [6.45, 7) is 1.78. The summed E-state index contributed by atoms with van der Waals surface area (Å²) < 4.78 is 7.98. The molecule has 128 valence electrons. The summed E-state index contributed by atoms with van der Waals surface area (Å²) in [5.74, 6) is 7.37. The van der Waals surface area contributed by atoms with Crippen molar-refractivity contribution in [2.45, 2.75) is 57.6 Å². The van der Waals surface area contributed by atoms with Gasteiger partial charge in [0.25, 0.3) is 0 Å². The Morgan fingerprint density at radius 1 is 1.12 bits per heavy atom. The minimum Gasteiger partial charge on any atom is -0.376 e. The molecule has 3 heteroatoms. The molecule has 0 unspecified atom stereocenters. The Morgan fingerprint density at radius 2 is 2.04 bits per heavy atom. The van der Waals surface area contributed by atoms with Crippen LogP contribution in [0.4, 0.5) is 0 Å². The fourth-order valence-corrected chi connectivity index (χ4v) is 3.92. The van der Waals surface area contributed by atoms with Crippen LogP contribution >= 0.6 is 0 Å². The fraction of sp³-hybridized carbons (Fsp3) is 0.500. The number of nitrogens with zero attached hydrogens (tertiary/aromatic N) is 2. The lowest BCUT2D eigenvalue weighted by Gasteiger charge is -2.22. The van der Waals surface area contributed by atoms with Crippen LogP contribution in [0.25, 0.3) is 11.3 Å². The van der Waals surface area contributed by atoms with E-state index in [2.05, 4.69) is 40.9 Å². The molecule has 25 heavy (non-hydrogen) atoms. The highest BCUT2D eigenvalue weighted by Gasteiger charge is 2.22. The normalized spacial score (nSPS) is 21.8. The summed E-state index contributed by atoms with van der Waals surface area (Å²) in [5, 5.41) is 4.90. The molecule has 1 saturated carbocycles. The lowest BCUT2D eigenvalue weighted by atomic mass is 9.89. The van der Waals surface area contributed by atoms with Gasteiger partial charge >= 0.3 is 0 Å². The highest BCUT2D eigenvalue weighted by Crippen LogP contribution is 2.33. The monoisotopic (exact) mass is 332 g/mol. The second kappa shape index (κ2) is 6.35. The van der Waals surface area contributed by atoms with E-state index in [1.54, 1.807) is 0 Å². The van der Waals surface area contributed by atoms with Crippen molar-refractivity contribution >= 4 is 0 Å². The van der Waals surface area contributed by atoms with E-state index >= 15 is 0 Å². The number of ether oxygens (including phenoxy) is 1. The number of hydrogen-bond acceptors (Lipinski definition) is 2. The van der Waals surface area contributed by atoms with Gasteiger partial charge in [-0.3, -0.25) is 4.68 Å². The van der Waals surface area contributed by atoms with Crippen LogP contribution in [0.1, 0.15) is 48.8 Å². The Bertz CT molecular complexity index is 845. The lowest BCUT2D eigenvalue weighted by Crippen LogP contribution is -2.24. The van der Waals surface area contributed by atoms with Gasteiger partial charge in [0.2, 0.25) is 0 Å². The van der Waals surface area contributed by atoms with E-state index in [-0.39, 0.29) is 0 Å². The Labute approximate surface area is 149 Å². The molecule has 1 aromatic heterocycles. The minimum absolute atomic E-state index is 0.328. The fourth-order valence-electron chi connectivity index (χ4n) is 3.92. The summed E-state index contributed by atoms with van der Waals surface area (Å²) in [6, 6.07) is 6.65. The van der Waals surface area contributed by atoms with E-state index in [0.29, 0.717) is 12.0 Å². The standard InChI is InChI=1S/C22H24N2O/c1-2-12-25-20(3-1)15-24-14-19-10-9-18-13-17(7-6-16-4-5-16)8-11-21(18)22(19)23-24/h8,11,13-14,16,20H,1-5,9-10,12,15H2/t20-/m1/s1. The lowest BCUT2D eigenvalue weighted by molar-refractivity contribution is 0.00402. The molecule has 0 radical (unpaired) electrons. The summed E-state index contributed by atoms with van der Waals surface area (Å²) in [5.41, 5.74) is 6.39. The zero-order valence-corrected chi connectivity index (χ0v) is 14.6. The first-order valence-corrected chi connectivity index (χ1v) is 9.68. The summed E-state index contributed by atoms with van der Waals surface area (Å²) >= 11 is 0. The zero-order valence-electron chi connectivity index (χ0n) is 14.6. The molecule has 3 aliphatic rings. The summed E-state index contributed by atoms with van der Waals surface area (Å²) in [4.78, 5) is 0. The van der Waals surface area contributed by atoms with E-state index in [1.165, 1.54) is 48.1 Å². The first-order chi connectivity index (χ1) is 12.3. The Kier molecular flexibility index (Phi) is 3.87. The maximum absolute atomic E-state index is 5.87. The zero-order chi connectivity index (χ0) is 16.6. The first kappa shape index (κ1) is 15.2. The van der Waals surface area contributed by atoms with Crippen molar-refractivity contribution in [1.82, 2.24) is 9.78 Å². The molecule has 1 aliphatic heterocycles. The van der Waals surface area contributed by atoms with E-state index in [0.717, 1.165) is 38.0 Å². The van der Waals surface area contributed by atoms with Crippen molar-refractivity contribution in [3.8, 4) is 23.1 Å². The van der Waals surface area contributed by atoms with Crippen LogP contribution in [0, 0.1) is 17.8 Å². The molecule has 3 nitrogen and oxygen atoms in total. The van der Waals surface area contributed by atoms with Crippen molar-refractivity contribution in [3.05, 3.63) is 41.1 Å². The van der Waals surface area contributed by atoms with Crippen LogP contribution in [0.2, 0.25) is 0 Å². The molecule has 2 heterocycles. The van der Waals surface area contributed by atoms with Gasteiger partial charge in [-0.25, -0.2) is 0 Å². The number of benzene rings is 1. The number of hydrogen-bond donors (Lipinski definition) is 0. The van der Waals surface area contributed by atoms with Crippen LogP contribution < -0.4 is 0 Å². The van der Waals surface area contributed by atoms with Gasteiger partial charge in [0.05, 0.1) is 18.3 Å². The van der Waals surface area contributed by atoms with E-state index in [9.17, 15) is 0 Å². The number of aryl methyl sites for hydroxylation is 2. The van der Waals surface area contributed by atoms with Crippen LogP contribution in [0.3, 0.4) is 0 Å². The third-order valence-electron chi connectivity index (χ3n) is 5.52. The van der Waals surface area contributed by atoms with Crippen LogP contribution in [-0.4, -0.2) is 22.5 Å². The topological polar surface area (TPSA) is 27.1 Å². The second-order valence-electron chi connectivity index (χ2n) is 7.63. The average molecular weight is 332 g/mol. The van der Waals surface area contributed by atoms with Crippen molar-refractivity contribution in [3.63, 3.8) is 0 Å². The summed E-state index contributed by atoms with van der Waals surface area (Å²) in [6.07, 6.45) is 10.9. The second-order valence-corrected chi connectivity index (χ2v) is 7.63. The summed E-state index contributed by atoms with van der Waals surface area (Å²) in [7, 11) is 0. The molecule has 0 bridgehead atoms. The highest BCUT2D eigenvalue weighted by atomic mass is 16.5. The Hall–Kier alpha value is -2.05. The molecule has 0 N–H and O–H groups in total. The first-order valence-electron chi connectivity index (χ1n) is 9.68. The minimum atomic E-state index is 0.328. The number of aromatic nitrogens is 2. The molecule has 5 rings (SSSR count). The molecule has 1 atom stereocenters. The largest absolute Gasteiger partial charge is 0.376 e. The van der Waals surface area contributed by atoms with Crippen LogP contribution in [-0.2, 0) is 24.1 Å². The van der Waals surface area contributed by atoms with Gasteiger partial charge in [-0.1, -0.05) is 17.9 Å². The quantitative estimate of drug-likeness (QED) is 0.778. The average Bonchev–Trinajstić information content (AvgIpc) is 3.39. The van der Waals surface area contributed by atoms with Gasteiger partial charge in [-0.2, -0.15) is 5.10 Å². The molecular formula is C22H24N2O. The van der Waals surface area contributed by atoms with Crippen molar-refractivity contribution < 1.29 is 4.74 Å². The van der Waals surface area contributed by atoms with E-state index < -0.39 is 0 Å². The molecule has 2 fully saturated rings. The van der Waals surface area contributed by atoms with Crippen molar-refractivity contribution in [1.29, 1.82) is 0 Å². The maximum Gasteiger partial charge on any atom is 0.0958 e. The van der Waals surface area contributed by atoms with Crippen LogP contribution in [0.15, 0.2) is 24.4 Å². The van der Waals surface area contributed by atoms with Gasteiger partial charge in [0.15, 0.2) is 0 Å². The highest BCUT2D eigenvalue weighted by molar-refractivity contribution is 5.70. The molecule has 1 saturated heterocycles. The predicted molar refractivity (Wildman–Crippen MR) is 98.3 cm³/mol. The van der Waals surface area contributed by atoms with Crippen LogP contribution in [0.5, 0.6) is 0 Å². The number of rotatable bonds is 2.